The maximum atomic E-state index is 11.7. The van der Waals surface area contributed by atoms with Crippen LogP contribution in [0.25, 0.3) is 0 Å². The zero-order valence-corrected chi connectivity index (χ0v) is 12.4. The first-order chi connectivity index (χ1) is 8.36. The topological polar surface area (TPSA) is 46.6 Å². The van der Waals surface area contributed by atoms with Crippen molar-refractivity contribution in [3.63, 3.8) is 0 Å². The third-order valence-electron chi connectivity index (χ3n) is 2.90. The first-order valence-electron chi connectivity index (χ1n) is 6.74. The SMILES string of the molecule is CCOC(=O)CCC(=O)CN(C)C(C)CC(C)C. The van der Waals surface area contributed by atoms with Crippen LogP contribution in [0.1, 0.15) is 47.0 Å². The summed E-state index contributed by atoms with van der Waals surface area (Å²) >= 11 is 0. The highest BCUT2D eigenvalue weighted by molar-refractivity contribution is 5.84. The number of rotatable bonds is 9. The highest BCUT2D eigenvalue weighted by Crippen LogP contribution is 2.09. The fourth-order valence-corrected chi connectivity index (χ4v) is 1.85. The van der Waals surface area contributed by atoms with Crippen LogP contribution in [-0.4, -0.2) is 42.9 Å². The molecular formula is C14H27NO3. The summed E-state index contributed by atoms with van der Waals surface area (Å²) in [4.78, 5) is 24.9. The van der Waals surface area contributed by atoms with Crippen LogP contribution in [0.15, 0.2) is 0 Å². The lowest BCUT2D eigenvalue weighted by Gasteiger charge is -2.25. The number of hydrogen-bond acceptors (Lipinski definition) is 4. The van der Waals surface area contributed by atoms with Crippen molar-refractivity contribution < 1.29 is 14.3 Å². The summed E-state index contributed by atoms with van der Waals surface area (Å²) in [5.74, 6) is 0.432. The minimum Gasteiger partial charge on any atom is -0.466 e. The molecule has 18 heavy (non-hydrogen) atoms. The van der Waals surface area contributed by atoms with Crippen molar-refractivity contribution >= 4 is 11.8 Å². The van der Waals surface area contributed by atoms with E-state index in [9.17, 15) is 9.59 Å². The Morgan fingerprint density at radius 1 is 1.17 bits per heavy atom. The van der Waals surface area contributed by atoms with Crippen molar-refractivity contribution in [1.29, 1.82) is 0 Å². The van der Waals surface area contributed by atoms with Gasteiger partial charge in [-0.3, -0.25) is 14.5 Å². The van der Waals surface area contributed by atoms with E-state index in [4.69, 9.17) is 4.74 Å². The maximum Gasteiger partial charge on any atom is 0.306 e. The predicted molar refractivity (Wildman–Crippen MR) is 72.4 cm³/mol. The standard InChI is InChI=1S/C14H27NO3/c1-6-18-14(17)8-7-13(16)10-15(5)12(4)9-11(2)3/h11-12H,6-10H2,1-5H3. The van der Waals surface area contributed by atoms with Crippen LogP contribution >= 0.6 is 0 Å². The van der Waals surface area contributed by atoms with Gasteiger partial charge < -0.3 is 4.74 Å². The van der Waals surface area contributed by atoms with E-state index in [1.165, 1.54) is 0 Å². The second-order valence-corrected chi connectivity index (χ2v) is 5.24. The Bertz CT molecular complexity index is 264. The van der Waals surface area contributed by atoms with Crippen molar-refractivity contribution in [2.24, 2.45) is 5.92 Å². The molecule has 0 aliphatic carbocycles. The average molecular weight is 257 g/mol. The Balaban J connectivity index is 3.89. The molecule has 0 rings (SSSR count). The van der Waals surface area contributed by atoms with Gasteiger partial charge in [0.25, 0.3) is 0 Å². The van der Waals surface area contributed by atoms with Crippen molar-refractivity contribution in [2.45, 2.75) is 53.0 Å². The fraction of sp³-hybridized carbons (Fsp3) is 0.857. The Morgan fingerprint density at radius 2 is 1.78 bits per heavy atom. The van der Waals surface area contributed by atoms with Crippen LogP contribution in [0.2, 0.25) is 0 Å². The number of nitrogens with zero attached hydrogens (tertiary/aromatic N) is 1. The quantitative estimate of drug-likeness (QED) is 0.594. The van der Waals surface area contributed by atoms with Gasteiger partial charge in [-0.05, 0) is 33.2 Å². The third-order valence-corrected chi connectivity index (χ3v) is 2.90. The van der Waals surface area contributed by atoms with Gasteiger partial charge in [-0.25, -0.2) is 0 Å². The molecule has 0 aliphatic rings. The zero-order valence-electron chi connectivity index (χ0n) is 12.4. The highest BCUT2D eigenvalue weighted by atomic mass is 16.5. The maximum absolute atomic E-state index is 11.7. The normalized spacial score (nSPS) is 12.8. The van der Waals surface area contributed by atoms with E-state index < -0.39 is 0 Å². The van der Waals surface area contributed by atoms with Crippen LogP contribution in [0.3, 0.4) is 0 Å². The van der Waals surface area contributed by atoms with Crippen molar-refractivity contribution in [1.82, 2.24) is 4.90 Å². The fourth-order valence-electron chi connectivity index (χ4n) is 1.85. The zero-order chi connectivity index (χ0) is 14.1. The number of carbonyl (C=O) groups is 2. The summed E-state index contributed by atoms with van der Waals surface area (Å²) in [6, 6.07) is 0.386. The van der Waals surface area contributed by atoms with Crippen LogP contribution in [0, 0.1) is 5.92 Å². The molecule has 0 radical (unpaired) electrons. The number of hydrogen-bond donors (Lipinski definition) is 0. The molecule has 0 bridgehead atoms. The molecule has 1 unspecified atom stereocenters. The summed E-state index contributed by atoms with van der Waals surface area (Å²) in [5, 5.41) is 0. The van der Waals surface area contributed by atoms with Gasteiger partial charge in [-0.15, -0.1) is 0 Å². The summed E-state index contributed by atoms with van der Waals surface area (Å²) in [6.07, 6.45) is 1.54. The molecule has 0 heterocycles. The van der Waals surface area contributed by atoms with Crippen LogP contribution < -0.4 is 0 Å². The molecule has 0 aromatic rings. The van der Waals surface area contributed by atoms with E-state index in [1.807, 2.05) is 11.9 Å². The van der Waals surface area contributed by atoms with E-state index >= 15 is 0 Å². The molecule has 106 valence electrons. The van der Waals surface area contributed by atoms with Crippen LogP contribution in [-0.2, 0) is 14.3 Å². The Morgan fingerprint density at radius 3 is 2.28 bits per heavy atom. The molecule has 0 aromatic carbocycles. The molecule has 0 amide bonds. The summed E-state index contributed by atoms with van der Waals surface area (Å²) < 4.78 is 4.79. The van der Waals surface area contributed by atoms with Crippen LogP contribution in [0.5, 0.6) is 0 Å². The van der Waals surface area contributed by atoms with E-state index in [-0.39, 0.29) is 24.6 Å². The number of likely N-dealkylation sites (N-methyl/N-ethyl adjacent to an activating group) is 1. The Hall–Kier alpha value is -0.900. The molecule has 1 atom stereocenters. The minimum atomic E-state index is -0.288. The lowest BCUT2D eigenvalue weighted by molar-refractivity contribution is -0.144. The van der Waals surface area contributed by atoms with Crippen molar-refractivity contribution in [2.75, 3.05) is 20.2 Å². The summed E-state index contributed by atoms with van der Waals surface area (Å²) in [5.41, 5.74) is 0. The molecule has 0 saturated carbocycles. The van der Waals surface area contributed by atoms with Gasteiger partial charge in [-0.1, -0.05) is 13.8 Å². The smallest absolute Gasteiger partial charge is 0.306 e. The molecule has 0 fully saturated rings. The van der Waals surface area contributed by atoms with Crippen molar-refractivity contribution in [3.8, 4) is 0 Å². The lowest BCUT2D eigenvalue weighted by Crippen LogP contribution is -2.34. The van der Waals surface area contributed by atoms with Gasteiger partial charge in [0, 0.05) is 12.5 Å². The number of esters is 1. The molecule has 4 nitrogen and oxygen atoms in total. The van der Waals surface area contributed by atoms with Crippen molar-refractivity contribution in [3.05, 3.63) is 0 Å². The van der Waals surface area contributed by atoms with Crippen LogP contribution in [0.4, 0.5) is 0 Å². The van der Waals surface area contributed by atoms with E-state index in [0.29, 0.717) is 25.1 Å². The second-order valence-electron chi connectivity index (χ2n) is 5.24. The van der Waals surface area contributed by atoms with Gasteiger partial charge in [0.1, 0.15) is 5.78 Å². The first-order valence-corrected chi connectivity index (χ1v) is 6.74. The van der Waals surface area contributed by atoms with Gasteiger partial charge >= 0.3 is 5.97 Å². The van der Waals surface area contributed by atoms with Gasteiger partial charge in [0.05, 0.1) is 19.6 Å². The molecular weight excluding hydrogens is 230 g/mol. The second kappa shape index (κ2) is 9.09. The molecule has 4 heteroatoms. The monoisotopic (exact) mass is 257 g/mol. The molecule has 0 spiro atoms. The molecule has 0 aromatic heterocycles. The third kappa shape index (κ3) is 8.23. The lowest BCUT2D eigenvalue weighted by atomic mass is 10.0. The summed E-state index contributed by atoms with van der Waals surface area (Å²) in [7, 11) is 1.95. The predicted octanol–water partition coefficient (Wildman–Crippen LogP) is 2.27. The van der Waals surface area contributed by atoms with E-state index in [2.05, 4.69) is 20.8 Å². The highest BCUT2D eigenvalue weighted by Gasteiger charge is 2.15. The number of Topliss-reactive ketones (excluding diaryl/α,β-unsaturated/α-hetero) is 1. The van der Waals surface area contributed by atoms with Gasteiger partial charge in [0.15, 0.2) is 0 Å². The number of ether oxygens (including phenoxy) is 1. The number of ketones is 1. The summed E-state index contributed by atoms with van der Waals surface area (Å²) in [6.45, 7) is 9.02. The first kappa shape index (κ1) is 17.1. The molecule has 0 saturated heterocycles. The van der Waals surface area contributed by atoms with Gasteiger partial charge in [-0.2, -0.15) is 0 Å². The number of carbonyl (C=O) groups excluding carboxylic acids is 2. The van der Waals surface area contributed by atoms with Gasteiger partial charge in [0.2, 0.25) is 0 Å². The van der Waals surface area contributed by atoms with E-state index in [0.717, 1.165) is 6.42 Å². The Kier molecular flexibility index (Phi) is 8.63. The molecule has 0 N–H and O–H groups in total. The Labute approximate surface area is 111 Å². The van der Waals surface area contributed by atoms with E-state index in [1.54, 1.807) is 6.92 Å². The minimum absolute atomic E-state index is 0.0983. The largest absolute Gasteiger partial charge is 0.466 e. The molecule has 0 aliphatic heterocycles. The average Bonchev–Trinajstić information content (AvgIpc) is 2.25.